The highest BCUT2D eigenvalue weighted by Crippen LogP contribution is 2.34. The fraction of sp³-hybridized carbons (Fsp3) is 0.901. The molecule has 0 aromatic carbocycles. The Morgan fingerprint density at radius 2 is 0.627 bits per heavy atom. The maximum atomic E-state index is 13.5. The van der Waals surface area contributed by atoms with Crippen LogP contribution in [-0.2, 0) is 33.2 Å². The van der Waals surface area contributed by atoms with Crippen LogP contribution in [0.4, 0.5) is 0 Å². The van der Waals surface area contributed by atoms with Gasteiger partial charge in [-0.15, -0.1) is 0 Å². The summed E-state index contributed by atoms with van der Waals surface area (Å²) in [6, 6.07) is -0.887. The van der Waals surface area contributed by atoms with E-state index in [0.717, 1.165) is 70.6 Å². The number of aliphatic hydroxyl groups is 11. The number of carbonyl (C=O) groups is 1. The van der Waals surface area contributed by atoms with Crippen LogP contribution in [0, 0.1) is 0 Å². The molecule has 3 rings (SSSR count). The third kappa shape index (κ3) is 49.1. The summed E-state index contributed by atoms with van der Waals surface area (Å²) in [6.07, 6.45) is 65.2. The Kier molecular flexibility index (Phi) is 65.7. The summed E-state index contributed by atoms with van der Waals surface area (Å²) in [6.45, 7) is 1.76. The molecule has 17 unspecified atom stereocenters. The number of nitrogens with one attached hydrogen (secondary N) is 1. The van der Waals surface area contributed by atoms with Crippen molar-refractivity contribution in [2.45, 2.75) is 497 Å². The summed E-state index contributed by atoms with van der Waals surface area (Å²) >= 11 is 0. The van der Waals surface area contributed by atoms with Gasteiger partial charge in [-0.1, -0.05) is 383 Å². The van der Waals surface area contributed by atoms with Gasteiger partial charge in [-0.25, -0.2) is 0 Å². The van der Waals surface area contributed by atoms with E-state index in [4.69, 9.17) is 28.4 Å². The van der Waals surface area contributed by atoms with E-state index in [0.29, 0.717) is 12.8 Å². The van der Waals surface area contributed by atoms with Gasteiger partial charge in [0, 0.05) is 6.42 Å². The Labute approximate surface area is 669 Å². The lowest BCUT2D eigenvalue weighted by molar-refractivity contribution is -0.379. The maximum absolute atomic E-state index is 13.5. The van der Waals surface area contributed by atoms with E-state index in [1.165, 1.54) is 289 Å². The van der Waals surface area contributed by atoms with Crippen LogP contribution in [0.15, 0.2) is 48.6 Å². The molecule has 646 valence electrons. The first-order chi connectivity index (χ1) is 53.8. The predicted octanol–water partition coefficient (Wildman–Crippen LogP) is 17.6. The first-order valence-corrected chi connectivity index (χ1v) is 45.9. The smallest absolute Gasteiger partial charge is 0.220 e. The average Bonchev–Trinajstić information content (AvgIpc) is 0.782. The van der Waals surface area contributed by atoms with Crippen LogP contribution in [0.2, 0.25) is 0 Å². The molecule has 19 nitrogen and oxygen atoms in total. The van der Waals surface area contributed by atoms with E-state index in [1.54, 1.807) is 0 Å². The van der Waals surface area contributed by atoms with Crippen molar-refractivity contribution >= 4 is 5.91 Å². The molecule has 0 radical (unpaired) electrons. The molecule has 3 aliphatic rings. The number of hydrogen-bond acceptors (Lipinski definition) is 18. The molecule has 0 spiro atoms. The molecule has 3 fully saturated rings. The lowest BCUT2D eigenvalue weighted by atomic mass is 9.96. The quantitative estimate of drug-likeness (QED) is 0.0199. The molecule has 1 amide bonds. The monoisotopic (exact) mass is 1560 g/mol. The topological polar surface area (TPSA) is 307 Å². The van der Waals surface area contributed by atoms with Crippen molar-refractivity contribution in [3.63, 3.8) is 0 Å². The second-order valence-electron chi connectivity index (χ2n) is 32.7. The standard InChI is InChI=1S/C91H169NO18/c1-3-5-7-9-11-13-15-17-19-21-23-25-27-29-30-31-32-33-34-35-36-37-38-39-40-41-42-43-44-45-47-49-51-53-55-57-59-61-63-65-67-69-79(97)92-74(75(96)68-66-64-62-60-58-56-54-52-50-48-46-28-26-24-22-20-18-16-14-12-10-8-6-4-2)73-105-89-85(103)82(100)87(77(71-94)107-89)110-91-86(104)83(101)88(78(72-95)108-91)109-90-84(102)81(99)80(98)76(70-93)106-90/h5,7,11,13,17,19,23,25,74-78,80-91,93-96,98-104H,3-4,6,8-10,12,14-16,18,20-22,24,26-73H2,1-2H3,(H,92,97)/b7-5-,13-11-,19-17-,25-23-. The lowest BCUT2D eigenvalue weighted by Gasteiger charge is -2.48. The molecule has 0 aromatic heterocycles. The summed E-state index contributed by atoms with van der Waals surface area (Å²) in [7, 11) is 0. The molecular formula is C91H169NO18. The van der Waals surface area contributed by atoms with Gasteiger partial charge >= 0.3 is 0 Å². The zero-order valence-electron chi connectivity index (χ0n) is 69.8. The number of unbranched alkanes of at least 4 members (excludes halogenated alkanes) is 51. The van der Waals surface area contributed by atoms with Crippen molar-refractivity contribution < 1.29 is 89.4 Å². The second kappa shape index (κ2) is 70.9. The third-order valence-corrected chi connectivity index (χ3v) is 22.9. The third-order valence-electron chi connectivity index (χ3n) is 22.9. The molecular weight excluding hydrogens is 1390 g/mol. The molecule has 3 heterocycles. The number of ether oxygens (including phenoxy) is 6. The molecule has 3 saturated heterocycles. The Bertz CT molecular complexity index is 2170. The minimum absolute atomic E-state index is 0.233. The number of rotatable bonds is 75. The largest absolute Gasteiger partial charge is 0.394 e. The van der Waals surface area contributed by atoms with Gasteiger partial charge in [0.25, 0.3) is 0 Å². The Balaban J connectivity index is 1.28. The Morgan fingerprint density at radius 3 is 0.982 bits per heavy atom. The summed E-state index contributed by atoms with van der Waals surface area (Å²) in [4.78, 5) is 13.5. The summed E-state index contributed by atoms with van der Waals surface area (Å²) < 4.78 is 34.6. The minimum atomic E-state index is -1.97. The van der Waals surface area contributed by atoms with Crippen molar-refractivity contribution in [1.29, 1.82) is 0 Å². The van der Waals surface area contributed by atoms with Crippen LogP contribution >= 0.6 is 0 Å². The fourth-order valence-electron chi connectivity index (χ4n) is 15.7. The van der Waals surface area contributed by atoms with E-state index in [-0.39, 0.29) is 18.9 Å². The average molecular weight is 1570 g/mol. The van der Waals surface area contributed by atoms with Crippen molar-refractivity contribution in [2.24, 2.45) is 0 Å². The SMILES string of the molecule is CC/C=C\C/C=C\C/C=C\C/C=C\CCCCCCCCCCCCCCCCCCCCCCCCCCCCCCC(=O)NC(COC1OC(CO)C(OC2OC(CO)C(OC3OC(CO)C(O)C(O)C3O)C(O)C2O)C(O)C1O)C(O)CCCCCCCCCCCCCCCCCCCCCCCCCC. The second-order valence-corrected chi connectivity index (χ2v) is 32.7. The summed E-state index contributed by atoms with van der Waals surface area (Å²) in [5.74, 6) is -0.233. The predicted molar refractivity (Wildman–Crippen MR) is 443 cm³/mol. The van der Waals surface area contributed by atoms with Crippen molar-refractivity contribution in [3.05, 3.63) is 48.6 Å². The zero-order valence-corrected chi connectivity index (χ0v) is 69.8. The molecule has 0 bridgehead atoms. The molecule has 110 heavy (non-hydrogen) atoms. The van der Waals surface area contributed by atoms with E-state index in [1.807, 2.05) is 0 Å². The van der Waals surface area contributed by atoms with Gasteiger partial charge in [-0.2, -0.15) is 0 Å². The highest BCUT2D eigenvalue weighted by Gasteiger charge is 2.54. The minimum Gasteiger partial charge on any atom is -0.394 e. The van der Waals surface area contributed by atoms with Crippen LogP contribution in [0.1, 0.15) is 393 Å². The molecule has 0 aromatic rings. The Hall–Kier alpha value is -2.25. The van der Waals surface area contributed by atoms with Crippen molar-refractivity contribution in [1.82, 2.24) is 5.32 Å². The highest BCUT2D eigenvalue weighted by molar-refractivity contribution is 5.76. The van der Waals surface area contributed by atoms with E-state index in [9.17, 15) is 61.0 Å². The fourth-order valence-corrected chi connectivity index (χ4v) is 15.7. The van der Waals surface area contributed by atoms with Crippen molar-refractivity contribution in [3.8, 4) is 0 Å². The van der Waals surface area contributed by atoms with Gasteiger partial charge in [-0.3, -0.25) is 4.79 Å². The summed E-state index contributed by atoms with van der Waals surface area (Å²) in [5, 5.41) is 121. The van der Waals surface area contributed by atoms with Crippen molar-refractivity contribution in [2.75, 3.05) is 26.4 Å². The van der Waals surface area contributed by atoms with Gasteiger partial charge in [0.15, 0.2) is 18.9 Å². The van der Waals surface area contributed by atoms with Gasteiger partial charge in [0.05, 0.1) is 38.6 Å². The summed E-state index contributed by atoms with van der Waals surface area (Å²) in [5.41, 5.74) is 0. The number of amides is 1. The Morgan fingerprint density at radius 1 is 0.336 bits per heavy atom. The van der Waals surface area contributed by atoms with Crippen LogP contribution in [0.5, 0.6) is 0 Å². The molecule has 0 saturated carbocycles. The molecule has 19 heteroatoms. The maximum Gasteiger partial charge on any atom is 0.220 e. The van der Waals surface area contributed by atoms with Crippen LogP contribution < -0.4 is 5.32 Å². The van der Waals surface area contributed by atoms with Crippen LogP contribution in [0.25, 0.3) is 0 Å². The highest BCUT2D eigenvalue weighted by atomic mass is 16.8. The van der Waals surface area contributed by atoms with E-state index in [2.05, 4.69) is 67.8 Å². The lowest BCUT2D eigenvalue weighted by Crippen LogP contribution is -2.66. The molecule has 17 atom stereocenters. The number of carbonyl (C=O) groups excluding carboxylic acids is 1. The normalized spacial score (nSPS) is 25.3. The van der Waals surface area contributed by atoms with Gasteiger partial charge < -0.3 is 89.9 Å². The van der Waals surface area contributed by atoms with Gasteiger partial charge in [-0.05, 0) is 51.4 Å². The van der Waals surface area contributed by atoms with Crippen LogP contribution in [0.3, 0.4) is 0 Å². The molecule has 3 aliphatic heterocycles. The molecule has 12 N–H and O–H groups in total. The number of hydrogen-bond donors (Lipinski definition) is 12. The van der Waals surface area contributed by atoms with Crippen LogP contribution in [-0.4, -0.2) is 193 Å². The van der Waals surface area contributed by atoms with Gasteiger partial charge in [0.1, 0.15) is 73.2 Å². The molecule has 0 aliphatic carbocycles. The van der Waals surface area contributed by atoms with E-state index < -0.39 is 124 Å². The number of aliphatic hydroxyl groups excluding tert-OH is 11. The first kappa shape index (κ1) is 102. The van der Waals surface area contributed by atoms with E-state index >= 15 is 0 Å². The first-order valence-electron chi connectivity index (χ1n) is 45.9. The number of allylic oxidation sites excluding steroid dienone is 8. The van der Waals surface area contributed by atoms with Gasteiger partial charge in [0.2, 0.25) is 5.91 Å². The zero-order chi connectivity index (χ0) is 79.5.